The summed E-state index contributed by atoms with van der Waals surface area (Å²) in [5.74, 6) is -2.06. The molecule has 5 nitrogen and oxygen atoms in total. The summed E-state index contributed by atoms with van der Waals surface area (Å²) in [7, 11) is -3.79. The topological polar surface area (TPSA) is 81.3 Å². The average Bonchev–Trinajstić information content (AvgIpc) is 2.31. The van der Waals surface area contributed by atoms with Crippen LogP contribution in [-0.4, -0.2) is 24.0 Å². The van der Waals surface area contributed by atoms with Gasteiger partial charge in [-0.15, -0.1) is 4.72 Å². The fourth-order valence-corrected chi connectivity index (χ4v) is 2.91. The molecule has 0 saturated carbocycles. The molecule has 1 aromatic rings. The van der Waals surface area contributed by atoms with Gasteiger partial charge in [0.2, 0.25) is 10.0 Å². The zero-order valence-corrected chi connectivity index (χ0v) is 14.7. The second-order valence-corrected chi connectivity index (χ2v) is 9.70. The van der Waals surface area contributed by atoms with Crippen molar-refractivity contribution < 1.29 is 21.8 Å². The van der Waals surface area contributed by atoms with Gasteiger partial charge in [0.05, 0.1) is 12.3 Å². The van der Waals surface area contributed by atoms with E-state index in [0.29, 0.717) is 0 Å². The van der Waals surface area contributed by atoms with E-state index in [2.05, 4.69) is 4.72 Å². The lowest BCUT2D eigenvalue weighted by atomic mass is 10.1. The Hall–Kier alpha value is -0.900. The van der Waals surface area contributed by atoms with Crippen molar-refractivity contribution in [3.8, 4) is 0 Å². The molecule has 0 saturated heterocycles. The summed E-state index contributed by atoms with van der Waals surface area (Å²) in [6, 6.07) is 1.44. The van der Waals surface area contributed by atoms with Gasteiger partial charge in [-0.2, -0.15) is 0 Å². The summed E-state index contributed by atoms with van der Waals surface area (Å²) < 4.78 is 66.0. The van der Waals surface area contributed by atoms with Crippen molar-refractivity contribution in [2.24, 2.45) is 0 Å². The number of nitrogens with one attached hydrogen (secondary N) is 2. The van der Waals surface area contributed by atoms with Crippen molar-refractivity contribution in [1.29, 1.82) is 0 Å². The number of hydrogen-bond acceptors (Lipinski definition) is 4. The first-order chi connectivity index (χ1) is 9.81. The van der Waals surface area contributed by atoms with Gasteiger partial charge in [0.25, 0.3) is 0 Å². The molecule has 126 valence electrons. The second kappa shape index (κ2) is 6.69. The van der Waals surface area contributed by atoms with E-state index >= 15 is 0 Å². The highest BCUT2D eigenvalue weighted by molar-refractivity contribution is 7.92. The lowest BCUT2D eigenvalue weighted by Gasteiger charge is -2.26. The molecular weight excluding hydrogens is 334 g/mol. The summed E-state index contributed by atoms with van der Waals surface area (Å²) in [6.45, 7) is 6.91. The SMILES string of the molecule is CC(N[S@+]([O-])C(C)(C)C)c1cc(F)c(NS(C)(=O)=O)c(F)c1. The van der Waals surface area contributed by atoms with Crippen molar-refractivity contribution in [2.75, 3.05) is 11.0 Å². The highest BCUT2D eigenvalue weighted by atomic mass is 32.2. The molecule has 9 heteroatoms. The minimum atomic E-state index is -3.79. The number of anilines is 1. The van der Waals surface area contributed by atoms with Crippen LogP contribution in [0.25, 0.3) is 0 Å². The normalized spacial score (nSPS) is 15.5. The number of halogens is 2. The predicted molar refractivity (Wildman–Crippen MR) is 84.3 cm³/mol. The first-order valence-electron chi connectivity index (χ1n) is 6.46. The summed E-state index contributed by atoms with van der Waals surface area (Å²) in [5.41, 5.74) is -0.498. The van der Waals surface area contributed by atoms with Crippen molar-refractivity contribution in [2.45, 2.75) is 38.5 Å². The van der Waals surface area contributed by atoms with Gasteiger partial charge in [0.15, 0.2) is 11.6 Å². The Bertz CT molecular complexity index is 622. The summed E-state index contributed by atoms with van der Waals surface area (Å²) in [5, 5.41) is 0. The Labute approximate surface area is 132 Å². The predicted octanol–water partition coefficient (Wildman–Crippen LogP) is 2.45. The zero-order chi connectivity index (χ0) is 17.3. The van der Waals surface area contributed by atoms with E-state index in [1.54, 1.807) is 32.4 Å². The Morgan fingerprint density at radius 1 is 1.23 bits per heavy atom. The standard InChI is InChI=1S/C13H20F2N2O3S2/c1-8(16-21(18)13(2,3)4)9-6-10(14)12(11(15)7-9)17-22(5,19)20/h6-8,16-17H,1-5H3/t8?,21-/m1/s1. The van der Waals surface area contributed by atoms with Crippen LogP contribution in [0.1, 0.15) is 39.3 Å². The highest BCUT2D eigenvalue weighted by Crippen LogP contribution is 2.26. The van der Waals surface area contributed by atoms with Gasteiger partial charge >= 0.3 is 0 Å². The highest BCUT2D eigenvalue weighted by Gasteiger charge is 2.29. The van der Waals surface area contributed by atoms with Crippen molar-refractivity contribution in [3.63, 3.8) is 0 Å². The number of benzene rings is 1. The van der Waals surface area contributed by atoms with Crippen molar-refractivity contribution >= 4 is 27.1 Å². The lowest BCUT2D eigenvalue weighted by Crippen LogP contribution is -2.40. The van der Waals surface area contributed by atoms with Crippen molar-refractivity contribution in [1.82, 2.24) is 4.72 Å². The van der Waals surface area contributed by atoms with Crippen LogP contribution in [0.4, 0.5) is 14.5 Å². The molecule has 22 heavy (non-hydrogen) atoms. The first-order valence-corrected chi connectivity index (χ1v) is 9.50. The third-order valence-corrected chi connectivity index (χ3v) is 4.95. The fourth-order valence-electron chi connectivity index (χ4n) is 1.53. The van der Waals surface area contributed by atoms with Crippen LogP contribution in [0.5, 0.6) is 0 Å². The van der Waals surface area contributed by atoms with Gasteiger partial charge in [0, 0.05) is 11.4 Å². The van der Waals surface area contributed by atoms with Gasteiger partial charge in [0.1, 0.15) is 10.4 Å². The van der Waals surface area contributed by atoms with E-state index in [0.717, 1.165) is 18.4 Å². The van der Waals surface area contributed by atoms with E-state index in [1.807, 2.05) is 0 Å². The van der Waals surface area contributed by atoms with Crippen LogP contribution in [0, 0.1) is 11.6 Å². The molecule has 0 spiro atoms. The molecule has 1 rings (SSSR count). The molecule has 0 aliphatic carbocycles. The molecule has 0 amide bonds. The van der Waals surface area contributed by atoms with Crippen molar-refractivity contribution in [3.05, 3.63) is 29.3 Å². The largest absolute Gasteiger partial charge is 0.598 e. The molecule has 0 bridgehead atoms. The molecule has 1 unspecified atom stereocenters. The molecular formula is C13H20F2N2O3S2. The van der Waals surface area contributed by atoms with Gasteiger partial charge in [-0.25, -0.2) is 17.2 Å². The molecule has 0 aromatic heterocycles. The molecule has 1 aromatic carbocycles. The smallest absolute Gasteiger partial charge is 0.230 e. The van der Waals surface area contributed by atoms with Crippen LogP contribution in [0.15, 0.2) is 12.1 Å². The van der Waals surface area contributed by atoms with Crippen LogP contribution < -0.4 is 9.44 Å². The molecule has 0 fully saturated rings. The van der Waals surface area contributed by atoms with Crippen LogP contribution in [0.2, 0.25) is 0 Å². The molecule has 0 heterocycles. The molecule has 0 aliphatic heterocycles. The van der Waals surface area contributed by atoms with Crippen LogP contribution in [0.3, 0.4) is 0 Å². The zero-order valence-electron chi connectivity index (χ0n) is 13.0. The quantitative estimate of drug-likeness (QED) is 0.796. The van der Waals surface area contributed by atoms with Crippen LogP contribution in [-0.2, 0) is 21.4 Å². The van der Waals surface area contributed by atoms with E-state index in [1.165, 1.54) is 0 Å². The molecule has 0 aliphatic rings. The Morgan fingerprint density at radius 3 is 2.05 bits per heavy atom. The van der Waals surface area contributed by atoms with Gasteiger partial charge < -0.3 is 4.55 Å². The first kappa shape index (κ1) is 19.1. The maximum atomic E-state index is 13.9. The van der Waals surface area contributed by atoms with E-state index in [-0.39, 0.29) is 5.56 Å². The summed E-state index contributed by atoms with van der Waals surface area (Å²) in [6.07, 6.45) is 0.802. The second-order valence-electron chi connectivity index (χ2n) is 5.95. The van der Waals surface area contributed by atoms with Gasteiger partial charge in [-0.1, -0.05) is 0 Å². The summed E-state index contributed by atoms with van der Waals surface area (Å²) >= 11 is -1.41. The number of sulfonamides is 1. The van der Waals surface area contributed by atoms with E-state index in [9.17, 15) is 21.8 Å². The van der Waals surface area contributed by atoms with E-state index in [4.69, 9.17) is 0 Å². The lowest BCUT2D eigenvalue weighted by molar-refractivity contribution is 0.528. The molecule has 2 N–H and O–H groups in total. The number of rotatable bonds is 5. The Morgan fingerprint density at radius 2 is 1.68 bits per heavy atom. The Balaban J connectivity index is 3.04. The maximum Gasteiger partial charge on any atom is 0.230 e. The third-order valence-electron chi connectivity index (χ3n) is 2.69. The minimum Gasteiger partial charge on any atom is -0.598 e. The monoisotopic (exact) mass is 354 g/mol. The average molecular weight is 354 g/mol. The third kappa shape index (κ3) is 5.38. The number of hydrogen-bond donors (Lipinski definition) is 2. The van der Waals surface area contributed by atoms with Gasteiger partial charge in [-0.05, 0) is 45.4 Å². The Kier molecular flexibility index (Phi) is 5.82. The van der Waals surface area contributed by atoms with Gasteiger partial charge in [-0.3, -0.25) is 4.72 Å². The maximum absolute atomic E-state index is 13.9. The minimum absolute atomic E-state index is 0.228. The van der Waals surface area contributed by atoms with E-state index < -0.39 is 49.5 Å². The van der Waals surface area contributed by atoms with Crippen LogP contribution >= 0.6 is 0 Å². The molecule has 0 radical (unpaired) electrons. The summed E-state index contributed by atoms with van der Waals surface area (Å²) in [4.78, 5) is 0. The fraction of sp³-hybridized carbons (Fsp3) is 0.538. The molecule has 2 atom stereocenters.